The lowest BCUT2D eigenvalue weighted by atomic mass is 10.1. The average molecular weight is 401 g/mol. The zero-order valence-electron chi connectivity index (χ0n) is 13.1. The van der Waals surface area contributed by atoms with Crippen LogP contribution in [0.25, 0.3) is 5.69 Å². The van der Waals surface area contributed by atoms with E-state index in [4.69, 9.17) is 5.11 Å². The van der Waals surface area contributed by atoms with Crippen molar-refractivity contribution in [2.45, 2.75) is 29.0 Å². The molecule has 1 N–H and O–H groups in total. The minimum atomic E-state index is -4.85. The Morgan fingerprint density at radius 2 is 2.08 bits per heavy atom. The van der Waals surface area contributed by atoms with Crippen molar-refractivity contribution in [3.05, 3.63) is 40.4 Å². The lowest BCUT2D eigenvalue weighted by Gasteiger charge is -2.04. The van der Waals surface area contributed by atoms with E-state index in [1.165, 1.54) is 4.80 Å². The smallest absolute Gasteiger partial charge is 0.435 e. The number of nitrogens with zero attached hydrogens (tertiary/aromatic N) is 5. The predicted molar refractivity (Wildman–Crippen MR) is 86.7 cm³/mol. The highest BCUT2D eigenvalue weighted by Crippen LogP contribution is 2.38. The Balaban J connectivity index is 1.89. The average Bonchev–Trinajstić information content (AvgIpc) is 3.22. The summed E-state index contributed by atoms with van der Waals surface area (Å²) < 4.78 is 38.6. The lowest BCUT2D eigenvalue weighted by Crippen LogP contribution is -2.11. The van der Waals surface area contributed by atoms with Crippen LogP contribution in [0.5, 0.6) is 0 Å². The summed E-state index contributed by atoms with van der Waals surface area (Å²) in [6, 6.07) is 7.38. The van der Waals surface area contributed by atoms with Gasteiger partial charge in [0.25, 0.3) is 0 Å². The van der Waals surface area contributed by atoms with Crippen molar-refractivity contribution in [1.29, 1.82) is 0 Å². The van der Waals surface area contributed by atoms with Crippen LogP contribution in [0.1, 0.15) is 27.9 Å². The lowest BCUT2D eigenvalue weighted by molar-refractivity contribution is -0.141. The first kappa shape index (κ1) is 18.3. The molecule has 12 heteroatoms. The Bertz CT molecular complexity index is 954. The van der Waals surface area contributed by atoms with Crippen molar-refractivity contribution in [3.8, 4) is 5.69 Å². The van der Waals surface area contributed by atoms with Gasteiger partial charge in [-0.15, -0.1) is 15.0 Å². The molecule has 7 nitrogen and oxygen atoms in total. The number of rotatable bonds is 5. The zero-order valence-corrected chi connectivity index (χ0v) is 14.7. The highest BCUT2D eigenvalue weighted by molar-refractivity contribution is 8.00. The summed E-state index contributed by atoms with van der Waals surface area (Å²) in [7, 11) is 0. The quantitative estimate of drug-likeness (QED) is 0.699. The standard InChI is InChI=1S/C14H10F3N5O2S2/c1-2-7-5-3-4-6-8(7)22-20-12(19-21-22)26-13-18-10(14(15,16)17)9(25-13)11(23)24/h3-6H,2H2,1H3,(H,23,24). The van der Waals surface area contributed by atoms with Crippen LogP contribution in [0.2, 0.25) is 0 Å². The number of para-hydroxylation sites is 1. The number of aromatic nitrogens is 5. The van der Waals surface area contributed by atoms with Crippen LogP contribution in [0.15, 0.2) is 33.8 Å². The van der Waals surface area contributed by atoms with Crippen LogP contribution >= 0.6 is 23.1 Å². The molecule has 0 aliphatic carbocycles. The van der Waals surface area contributed by atoms with Gasteiger partial charge >= 0.3 is 12.1 Å². The summed E-state index contributed by atoms with van der Waals surface area (Å²) in [5.74, 6) is -1.69. The fourth-order valence-corrected chi connectivity index (χ4v) is 3.89. The molecular formula is C14H10F3N5O2S2. The van der Waals surface area contributed by atoms with E-state index in [0.29, 0.717) is 17.0 Å². The molecule has 2 aromatic heterocycles. The molecule has 26 heavy (non-hydrogen) atoms. The molecule has 0 aliphatic rings. The molecule has 3 aromatic rings. The van der Waals surface area contributed by atoms with Gasteiger partial charge in [0.05, 0.1) is 5.69 Å². The van der Waals surface area contributed by atoms with Gasteiger partial charge in [0.2, 0.25) is 5.16 Å². The number of hydrogen-bond acceptors (Lipinski definition) is 7. The molecule has 1 aromatic carbocycles. The van der Waals surface area contributed by atoms with Crippen LogP contribution in [0.4, 0.5) is 13.2 Å². The van der Waals surface area contributed by atoms with Crippen molar-refractivity contribution in [1.82, 2.24) is 25.2 Å². The molecule has 0 unspecified atom stereocenters. The first-order chi connectivity index (χ1) is 12.3. The number of alkyl halides is 3. The third kappa shape index (κ3) is 3.70. The number of hydrogen-bond donors (Lipinski definition) is 1. The molecule has 0 fully saturated rings. The first-order valence-electron chi connectivity index (χ1n) is 7.17. The second-order valence-electron chi connectivity index (χ2n) is 4.91. The molecule has 0 atom stereocenters. The van der Waals surface area contributed by atoms with Gasteiger partial charge < -0.3 is 5.11 Å². The maximum Gasteiger partial charge on any atom is 0.435 e. The topological polar surface area (TPSA) is 93.8 Å². The van der Waals surface area contributed by atoms with Crippen molar-refractivity contribution in [2.75, 3.05) is 0 Å². The van der Waals surface area contributed by atoms with Crippen molar-refractivity contribution in [2.24, 2.45) is 0 Å². The van der Waals surface area contributed by atoms with Crippen LogP contribution in [0.3, 0.4) is 0 Å². The number of carboxylic acids is 1. The Hall–Kier alpha value is -2.47. The molecule has 0 saturated carbocycles. The third-order valence-electron chi connectivity index (χ3n) is 3.23. The van der Waals surface area contributed by atoms with Gasteiger partial charge in [-0.25, -0.2) is 9.78 Å². The van der Waals surface area contributed by atoms with Gasteiger partial charge in [-0.2, -0.15) is 13.2 Å². The van der Waals surface area contributed by atoms with Crippen molar-refractivity contribution < 1.29 is 23.1 Å². The van der Waals surface area contributed by atoms with Crippen LogP contribution in [0, 0.1) is 0 Å². The van der Waals surface area contributed by atoms with Gasteiger partial charge in [0.1, 0.15) is 4.88 Å². The minimum absolute atomic E-state index is 0.0651. The second kappa shape index (κ2) is 7.03. The Labute approximate surface area is 152 Å². The van der Waals surface area contributed by atoms with Crippen LogP contribution in [-0.2, 0) is 12.6 Å². The molecule has 0 bridgehead atoms. The Morgan fingerprint density at radius 3 is 2.69 bits per heavy atom. The predicted octanol–water partition coefficient (Wildman–Crippen LogP) is 3.55. The van der Waals surface area contributed by atoms with Gasteiger partial charge in [-0.05, 0) is 35.0 Å². The summed E-state index contributed by atoms with van der Waals surface area (Å²) in [4.78, 5) is 14.8. The second-order valence-corrected chi connectivity index (χ2v) is 7.12. The summed E-state index contributed by atoms with van der Waals surface area (Å²) in [6.07, 6.45) is -4.11. The van der Waals surface area contributed by atoms with E-state index in [1.807, 2.05) is 19.1 Å². The van der Waals surface area contributed by atoms with Gasteiger partial charge in [-0.3, -0.25) is 0 Å². The molecule has 0 radical (unpaired) electrons. The van der Waals surface area contributed by atoms with Crippen LogP contribution in [-0.4, -0.2) is 36.3 Å². The highest BCUT2D eigenvalue weighted by Gasteiger charge is 2.40. The van der Waals surface area contributed by atoms with E-state index in [1.54, 1.807) is 12.1 Å². The molecule has 3 rings (SSSR count). The summed E-state index contributed by atoms with van der Waals surface area (Å²) in [5.41, 5.74) is 0.250. The van der Waals surface area contributed by atoms with E-state index >= 15 is 0 Å². The van der Waals surface area contributed by atoms with Crippen molar-refractivity contribution in [3.63, 3.8) is 0 Å². The summed E-state index contributed by atoms with van der Waals surface area (Å²) >= 11 is 1.14. The molecule has 0 spiro atoms. The monoisotopic (exact) mass is 401 g/mol. The zero-order chi connectivity index (χ0) is 18.9. The van der Waals surface area contributed by atoms with Gasteiger partial charge in [-0.1, -0.05) is 36.5 Å². The minimum Gasteiger partial charge on any atom is -0.477 e. The molecular weight excluding hydrogens is 391 g/mol. The Morgan fingerprint density at radius 1 is 1.35 bits per heavy atom. The number of tetrazole rings is 1. The number of carboxylic acid groups (broad SMARTS) is 1. The fourth-order valence-electron chi connectivity index (χ4n) is 2.11. The molecule has 0 saturated heterocycles. The van der Waals surface area contributed by atoms with E-state index in [2.05, 4.69) is 20.4 Å². The van der Waals surface area contributed by atoms with E-state index < -0.39 is 22.7 Å². The fraction of sp³-hybridized carbons (Fsp3) is 0.214. The summed E-state index contributed by atoms with van der Waals surface area (Å²) in [5, 5.41) is 20.8. The van der Waals surface area contributed by atoms with Crippen LogP contribution < -0.4 is 0 Å². The van der Waals surface area contributed by atoms with E-state index in [9.17, 15) is 18.0 Å². The Kier molecular flexibility index (Phi) is 4.96. The number of halogens is 3. The number of aromatic carboxylic acids is 1. The molecule has 0 amide bonds. The molecule has 136 valence electrons. The summed E-state index contributed by atoms with van der Waals surface area (Å²) in [6.45, 7) is 1.97. The largest absolute Gasteiger partial charge is 0.477 e. The number of carbonyl (C=O) groups is 1. The van der Waals surface area contributed by atoms with Gasteiger partial charge in [0.15, 0.2) is 10.0 Å². The first-order valence-corrected chi connectivity index (χ1v) is 8.80. The van der Waals surface area contributed by atoms with Crippen molar-refractivity contribution >= 4 is 29.1 Å². The maximum absolute atomic E-state index is 12.9. The molecule has 0 aliphatic heterocycles. The normalized spacial score (nSPS) is 11.7. The number of thiazole rings is 1. The number of aryl methyl sites for hydroxylation is 1. The van der Waals surface area contributed by atoms with E-state index in [-0.39, 0.29) is 9.50 Å². The van der Waals surface area contributed by atoms with E-state index in [0.717, 1.165) is 23.7 Å². The maximum atomic E-state index is 12.9. The van der Waals surface area contributed by atoms with Gasteiger partial charge in [0, 0.05) is 0 Å². The number of benzene rings is 1. The SMILES string of the molecule is CCc1ccccc1-n1nnc(Sc2nc(C(F)(F)F)c(C(=O)O)s2)n1. The highest BCUT2D eigenvalue weighted by atomic mass is 32.2. The third-order valence-corrected chi connectivity index (χ3v) is 5.18. The molecule has 2 heterocycles.